The summed E-state index contributed by atoms with van der Waals surface area (Å²) in [5.74, 6) is 0. The minimum atomic E-state index is -1.15. The fourth-order valence-corrected chi connectivity index (χ4v) is 2.19. The van der Waals surface area contributed by atoms with Gasteiger partial charge in [0, 0.05) is 18.7 Å². The summed E-state index contributed by atoms with van der Waals surface area (Å²) >= 11 is 0. The van der Waals surface area contributed by atoms with Crippen molar-refractivity contribution < 1.29 is 15.3 Å². The van der Waals surface area contributed by atoms with E-state index in [9.17, 15) is 10.2 Å². The number of hydrogen-bond donors (Lipinski definition) is 4. The molecule has 0 aliphatic rings. The van der Waals surface area contributed by atoms with E-state index in [0.717, 1.165) is 25.0 Å². The van der Waals surface area contributed by atoms with Gasteiger partial charge in [-0.15, -0.1) is 0 Å². The van der Waals surface area contributed by atoms with Crippen LogP contribution in [0.25, 0.3) is 0 Å². The van der Waals surface area contributed by atoms with Gasteiger partial charge in [0.15, 0.2) is 0 Å². The summed E-state index contributed by atoms with van der Waals surface area (Å²) in [6.07, 6.45) is 4.44. The lowest BCUT2D eigenvalue weighted by Crippen LogP contribution is -2.32. The number of hydrogen-bond acceptors (Lipinski definition) is 6. The highest BCUT2D eigenvalue weighted by Gasteiger charge is 2.18. The molecule has 1 aromatic rings. The molecular weight excluding hydrogens is 282 g/mol. The molecule has 1 rings (SSSR count). The first-order chi connectivity index (χ1) is 10.5. The summed E-state index contributed by atoms with van der Waals surface area (Å²) in [6, 6.07) is 0.592. The van der Waals surface area contributed by atoms with E-state index in [-0.39, 0.29) is 12.5 Å². The van der Waals surface area contributed by atoms with Crippen molar-refractivity contribution in [1.29, 1.82) is 0 Å². The number of rotatable bonds is 10. The van der Waals surface area contributed by atoms with Crippen LogP contribution >= 0.6 is 0 Å². The molecule has 1 unspecified atom stereocenters. The Kier molecular flexibility index (Phi) is 8.48. The van der Waals surface area contributed by atoms with Gasteiger partial charge in [0.1, 0.15) is 6.10 Å². The largest absolute Gasteiger partial charge is 0.394 e. The Labute approximate surface area is 132 Å². The van der Waals surface area contributed by atoms with Crippen molar-refractivity contribution in [2.24, 2.45) is 0 Å². The summed E-state index contributed by atoms with van der Waals surface area (Å²) in [7, 11) is 0. The molecule has 0 aromatic carbocycles. The Balaban J connectivity index is 2.72. The molecule has 4 atom stereocenters. The molecule has 6 nitrogen and oxygen atoms in total. The first kappa shape index (κ1) is 19.0. The van der Waals surface area contributed by atoms with E-state index in [4.69, 9.17) is 5.11 Å². The van der Waals surface area contributed by atoms with E-state index < -0.39 is 18.8 Å². The lowest BCUT2D eigenvalue weighted by atomic mass is 10.1. The van der Waals surface area contributed by atoms with Gasteiger partial charge >= 0.3 is 0 Å². The topological polar surface area (TPSA) is 98.5 Å². The van der Waals surface area contributed by atoms with Gasteiger partial charge in [-0.05, 0) is 19.8 Å². The van der Waals surface area contributed by atoms with Crippen LogP contribution in [0.2, 0.25) is 0 Å². The predicted molar refractivity (Wildman–Crippen MR) is 85.4 cm³/mol. The molecule has 1 heterocycles. The van der Waals surface area contributed by atoms with Crippen molar-refractivity contribution in [3.63, 3.8) is 0 Å². The van der Waals surface area contributed by atoms with E-state index >= 15 is 0 Å². The normalized spacial score (nSPS) is 17.0. The molecule has 0 fully saturated rings. The summed E-state index contributed by atoms with van der Waals surface area (Å²) in [5, 5.41) is 31.4. The second-order valence-electron chi connectivity index (χ2n) is 5.77. The van der Waals surface area contributed by atoms with Crippen LogP contribution in [0.15, 0.2) is 12.4 Å². The fourth-order valence-electron chi connectivity index (χ4n) is 2.19. The van der Waals surface area contributed by atoms with Crippen LogP contribution in [0, 0.1) is 0 Å². The summed E-state index contributed by atoms with van der Waals surface area (Å²) in [6.45, 7) is 5.96. The highest BCUT2D eigenvalue weighted by Crippen LogP contribution is 2.17. The Bertz CT molecular complexity index is 414. The van der Waals surface area contributed by atoms with Gasteiger partial charge in [-0.2, -0.15) is 0 Å². The molecule has 0 bridgehead atoms. The van der Waals surface area contributed by atoms with Crippen molar-refractivity contribution in [2.75, 3.05) is 6.61 Å². The lowest BCUT2D eigenvalue weighted by molar-refractivity contribution is -0.0137. The molecule has 1 aromatic heterocycles. The Morgan fingerprint density at radius 2 is 1.86 bits per heavy atom. The number of aromatic nitrogens is 2. The molecule has 6 heteroatoms. The highest BCUT2D eigenvalue weighted by molar-refractivity contribution is 5.08. The van der Waals surface area contributed by atoms with Crippen LogP contribution < -0.4 is 5.32 Å². The molecule has 126 valence electrons. The maximum atomic E-state index is 9.69. The summed E-state index contributed by atoms with van der Waals surface area (Å²) in [4.78, 5) is 8.76. The lowest BCUT2D eigenvalue weighted by Gasteiger charge is -2.22. The molecule has 22 heavy (non-hydrogen) atoms. The molecular formula is C16H29N3O3. The van der Waals surface area contributed by atoms with Crippen molar-refractivity contribution in [3.05, 3.63) is 23.8 Å². The van der Waals surface area contributed by atoms with Crippen LogP contribution in [0.3, 0.4) is 0 Å². The average Bonchev–Trinajstić information content (AvgIpc) is 2.54. The molecule has 0 aliphatic carbocycles. The maximum absolute atomic E-state index is 9.69. The average molecular weight is 311 g/mol. The summed E-state index contributed by atoms with van der Waals surface area (Å²) < 4.78 is 0. The minimum absolute atomic E-state index is 0.173. The van der Waals surface area contributed by atoms with Crippen LogP contribution in [0.5, 0.6) is 0 Å². The van der Waals surface area contributed by atoms with Crippen LogP contribution in [0.4, 0.5) is 0 Å². The quantitative estimate of drug-likeness (QED) is 0.514. The number of nitrogens with one attached hydrogen (secondary N) is 1. The number of nitrogens with zero attached hydrogens (tertiary/aromatic N) is 2. The van der Waals surface area contributed by atoms with Gasteiger partial charge in [0.05, 0.1) is 36.3 Å². The van der Waals surface area contributed by atoms with E-state index in [1.807, 2.05) is 0 Å². The van der Waals surface area contributed by atoms with Gasteiger partial charge in [0.2, 0.25) is 0 Å². The van der Waals surface area contributed by atoms with Crippen molar-refractivity contribution in [3.8, 4) is 0 Å². The molecule has 0 amide bonds. The molecule has 0 saturated carbocycles. The van der Waals surface area contributed by atoms with Gasteiger partial charge in [-0.3, -0.25) is 9.97 Å². The van der Waals surface area contributed by atoms with Crippen LogP contribution in [-0.2, 0) is 6.42 Å². The fraction of sp³-hybridized carbons (Fsp3) is 0.750. The molecule has 0 aliphatic heterocycles. The van der Waals surface area contributed by atoms with Crippen molar-refractivity contribution in [1.82, 2.24) is 15.3 Å². The molecule has 4 N–H and O–H groups in total. The first-order valence-electron chi connectivity index (χ1n) is 8.05. The predicted octanol–water partition coefficient (Wildman–Crippen LogP) is 0.962. The van der Waals surface area contributed by atoms with E-state index in [2.05, 4.69) is 36.1 Å². The second kappa shape index (κ2) is 9.84. The van der Waals surface area contributed by atoms with Crippen molar-refractivity contribution >= 4 is 0 Å². The molecule has 0 radical (unpaired) electrons. The van der Waals surface area contributed by atoms with Gasteiger partial charge < -0.3 is 20.6 Å². The Morgan fingerprint density at radius 1 is 1.14 bits per heavy atom. The Morgan fingerprint density at radius 3 is 2.36 bits per heavy atom. The monoisotopic (exact) mass is 311 g/mol. The third kappa shape index (κ3) is 5.96. The zero-order valence-corrected chi connectivity index (χ0v) is 13.7. The zero-order chi connectivity index (χ0) is 16.5. The standard InChI is InChI=1S/C16H29N3O3/c1-4-6-13(19-11(3)5-2)14-9-17-12(8-18-14)7-15(21)16(22)10-20/h8-9,11,13,15-16,19-22H,4-7,10H2,1-3H3/t11-,13?,15+,16-/m1/s1. The van der Waals surface area contributed by atoms with Crippen LogP contribution in [0.1, 0.15) is 57.5 Å². The smallest absolute Gasteiger partial charge is 0.103 e. The Hall–Kier alpha value is -1.08. The number of aliphatic hydroxyl groups excluding tert-OH is 3. The van der Waals surface area contributed by atoms with Crippen LogP contribution in [-0.4, -0.2) is 50.1 Å². The highest BCUT2D eigenvalue weighted by atomic mass is 16.4. The molecule has 0 spiro atoms. The van der Waals surface area contributed by atoms with E-state index in [0.29, 0.717) is 11.7 Å². The van der Waals surface area contributed by atoms with Gasteiger partial charge in [-0.25, -0.2) is 0 Å². The molecule has 0 saturated heterocycles. The third-order valence-corrected chi connectivity index (χ3v) is 3.81. The number of aliphatic hydroxyl groups is 3. The van der Waals surface area contributed by atoms with E-state index in [1.54, 1.807) is 12.4 Å². The van der Waals surface area contributed by atoms with Gasteiger partial charge in [-0.1, -0.05) is 20.3 Å². The third-order valence-electron chi connectivity index (χ3n) is 3.81. The summed E-state index contributed by atoms with van der Waals surface area (Å²) in [5.41, 5.74) is 1.49. The SMILES string of the molecule is CCCC(N[C@H](C)CC)c1cnc(C[C@H](O)[C@H](O)CO)cn1. The maximum Gasteiger partial charge on any atom is 0.103 e. The van der Waals surface area contributed by atoms with Gasteiger partial charge in [0.25, 0.3) is 0 Å². The van der Waals surface area contributed by atoms with Crippen molar-refractivity contribution in [2.45, 2.75) is 70.7 Å². The minimum Gasteiger partial charge on any atom is -0.394 e. The zero-order valence-electron chi connectivity index (χ0n) is 13.7. The van der Waals surface area contributed by atoms with E-state index in [1.165, 1.54) is 0 Å². The first-order valence-corrected chi connectivity index (χ1v) is 8.05. The second-order valence-corrected chi connectivity index (χ2v) is 5.77.